The lowest BCUT2D eigenvalue weighted by Crippen LogP contribution is -2.26. The smallest absolute Gasteiger partial charge is 0.250 e. The molecule has 4 nitrogen and oxygen atoms in total. The molecule has 0 saturated heterocycles. The third-order valence-corrected chi connectivity index (χ3v) is 5.72. The molecule has 0 spiro atoms. The highest BCUT2D eigenvalue weighted by Gasteiger charge is 2.19. The molecular formula is C14H17NO3S2. The summed E-state index contributed by atoms with van der Waals surface area (Å²) in [5.41, 5.74) is 0.897. The maximum Gasteiger partial charge on any atom is 0.250 e. The number of benzene rings is 1. The van der Waals surface area contributed by atoms with Crippen molar-refractivity contribution in [1.82, 2.24) is 4.72 Å². The zero-order chi connectivity index (χ0) is 14.6. The molecule has 0 fully saturated rings. The molecule has 20 heavy (non-hydrogen) atoms. The minimum absolute atomic E-state index is 0.294. The Morgan fingerprint density at radius 1 is 1.25 bits per heavy atom. The highest BCUT2D eigenvalue weighted by Crippen LogP contribution is 2.21. The Labute approximate surface area is 123 Å². The maximum atomic E-state index is 12.1. The van der Waals surface area contributed by atoms with E-state index in [2.05, 4.69) is 4.72 Å². The van der Waals surface area contributed by atoms with Gasteiger partial charge in [0.25, 0.3) is 10.0 Å². The predicted molar refractivity (Wildman–Crippen MR) is 80.7 cm³/mol. The zero-order valence-electron chi connectivity index (χ0n) is 11.4. The van der Waals surface area contributed by atoms with E-state index in [9.17, 15) is 8.42 Å². The number of hydrogen-bond donors (Lipinski definition) is 1. The lowest BCUT2D eigenvalue weighted by atomic mass is 10.1. The summed E-state index contributed by atoms with van der Waals surface area (Å²) in [7, 11) is -3.45. The standard InChI is InChI=1S/C14H17NO3S2/c1-3-18-13-8-6-12(7-9-13)11(2)15-20(16,17)14-5-4-10-19-14/h4-11,15H,3H2,1-2H3/t11-/m0/s1. The zero-order valence-corrected chi connectivity index (χ0v) is 13.0. The van der Waals surface area contributed by atoms with Crippen molar-refractivity contribution >= 4 is 21.4 Å². The van der Waals surface area contributed by atoms with E-state index in [1.54, 1.807) is 17.5 Å². The fraction of sp³-hybridized carbons (Fsp3) is 0.286. The van der Waals surface area contributed by atoms with Gasteiger partial charge in [0.15, 0.2) is 0 Å². The van der Waals surface area contributed by atoms with Crippen molar-refractivity contribution < 1.29 is 13.2 Å². The Bertz CT molecular complexity index is 634. The number of rotatable bonds is 6. The molecule has 0 amide bonds. The molecule has 0 bridgehead atoms. The van der Waals surface area contributed by atoms with Crippen LogP contribution in [0.2, 0.25) is 0 Å². The van der Waals surface area contributed by atoms with Crippen LogP contribution in [0.5, 0.6) is 5.75 Å². The molecule has 1 aromatic heterocycles. The second-order valence-electron chi connectivity index (χ2n) is 4.28. The molecule has 0 aliphatic rings. The minimum Gasteiger partial charge on any atom is -0.494 e. The average Bonchev–Trinajstić information content (AvgIpc) is 2.94. The van der Waals surface area contributed by atoms with E-state index in [-0.39, 0.29) is 6.04 Å². The van der Waals surface area contributed by atoms with Gasteiger partial charge in [-0.25, -0.2) is 13.1 Å². The normalized spacial score (nSPS) is 13.1. The van der Waals surface area contributed by atoms with Gasteiger partial charge in [-0.1, -0.05) is 18.2 Å². The summed E-state index contributed by atoms with van der Waals surface area (Å²) in [5.74, 6) is 0.782. The van der Waals surface area contributed by atoms with Gasteiger partial charge in [0.2, 0.25) is 0 Å². The van der Waals surface area contributed by atoms with Crippen LogP contribution in [0.1, 0.15) is 25.5 Å². The number of sulfonamides is 1. The number of thiophene rings is 1. The Morgan fingerprint density at radius 3 is 2.50 bits per heavy atom. The molecule has 108 valence electrons. The minimum atomic E-state index is -3.45. The van der Waals surface area contributed by atoms with Gasteiger partial charge in [0.05, 0.1) is 6.61 Å². The van der Waals surface area contributed by atoms with E-state index < -0.39 is 10.0 Å². The first kappa shape index (κ1) is 15.0. The quantitative estimate of drug-likeness (QED) is 0.891. The lowest BCUT2D eigenvalue weighted by molar-refractivity contribution is 0.340. The molecule has 1 aromatic carbocycles. The fourth-order valence-corrected chi connectivity index (χ4v) is 4.04. The van der Waals surface area contributed by atoms with Crippen LogP contribution in [0.3, 0.4) is 0 Å². The van der Waals surface area contributed by atoms with Gasteiger partial charge in [-0.05, 0) is 43.0 Å². The van der Waals surface area contributed by atoms with Crippen molar-refractivity contribution in [2.24, 2.45) is 0 Å². The summed E-state index contributed by atoms with van der Waals surface area (Å²) in [6.07, 6.45) is 0. The van der Waals surface area contributed by atoms with Crippen LogP contribution < -0.4 is 9.46 Å². The second kappa shape index (κ2) is 6.39. The van der Waals surface area contributed by atoms with Crippen LogP contribution in [0.25, 0.3) is 0 Å². The van der Waals surface area contributed by atoms with E-state index in [1.807, 2.05) is 38.1 Å². The number of nitrogens with one attached hydrogen (secondary N) is 1. The van der Waals surface area contributed by atoms with Gasteiger partial charge in [-0.15, -0.1) is 11.3 Å². The number of ether oxygens (including phenoxy) is 1. The Balaban J connectivity index is 2.10. The van der Waals surface area contributed by atoms with Crippen LogP contribution in [-0.2, 0) is 10.0 Å². The van der Waals surface area contributed by atoms with Crippen molar-refractivity contribution in [3.8, 4) is 5.75 Å². The van der Waals surface area contributed by atoms with Gasteiger partial charge in [0, 0.05) is 6.04 Å². The molecule has 1 N–H and O–H groups in total. The van der Waals surface area contributed by atoms with Gasteiger partial charge in [0.1, 0.15) is 9.96 Å². The highest BCUT2D eigenvalue weighted by molar-refractivity contribution is 7.91. The Hall–Kier alpha value is -1.37. The summed E-state index contributed by atoms with van der Waals surface area (Å²) in [6.45, 7) is 4.35. The van der Waals surface area contributed by atoms with E-state index >= 15 is 0 Å². The van der Waals surface area contributed by atoms with Gasteiger partial charge in [-0.2, -0.15) is 0 Å². The van der Waals surface area contributed by atoms with Crippen LogP contribution in [0.4, 0.5) is 0 Å². The SMILES string of the molecule is CCOc1ccc([C@H](C)NS(=O)(=O)c2cccs2)cc1. The molecular weight excluding hydrogens is 294 g/mol. The van der Waals surface area contributed by atoms with Crippen LogP contribution in [0, 0.1) is 0 Å². The first-order valence-electron chi connectivity index (χ1n) is 6.31. The third kappa shape index (κ3) is 3.59. The van der Waals surface area contributed by atoms with Crippen molar-refractivity contribution in [3.05, 3.63) is 47.3 Å². The fourth-order valence-electron chi connectivity index (χ4n) is 1.79. The summed E-state index contributed by atoms with van der Waals surface area (Å²) in [5, 5.41) is 1.75. The van der Waals surface area contributed by atoms with Crippen molar-refractivity contribution in [2.45, 2.75) is 24.1 Å². The summed E-state index contributed by atoms with van der Waals surface area (Å²) >= 11 is 1.21. The summed E-state index contributed by atoms with van der Waals surface area (Å²) in [4.78, 5) is 0. The molecule has 0 saturated carbocycles. The van der Waals surface area contributed by atoms with Gasteiger partial charge < -0.3 is 4.74 Å². The molecule has 1 heterocycles. The Kier molecular flexibility index (Phi) is 4.80. The van der Waals surface area contributed by atoms with Crippen molar-refractivity contribution in [1.29, 1.82) is 0 Å². The molecule has 1 atom stereocenters. The van der Waals surface area contributed by atoms with Crippen LogP contribution in [-0.4, -0.2) is 15.0 Å². The molecule has 2 aromatic rings. The maximum absolute atomic E-state index is 12.1. The van der Waals surface area contributed by atoms with Crippen molar-refractivity contribution in [2.75, 3.05) is 6.61 Å². The van der Waals surface area contributed by atoms with Crippen LogP contribution in [0.15, 0.2) is 46.0 Å². The average molecular weight is 311 g/mol. The first-order valence-corrected chi connectivity index (χ1v) is 8.68. The molecule has 0 aliphatic carbocycles. The van der Waals surface area contributed by atoms with E-state index in [0.29, 0.717) is 10.8 Å². The second-order valence-corrected chi connectivity index (χ2v) is 7.17. The molecule has 0 aliphatic heterocycles. The highest BCUT2D eigenvalue weighted by atomic mass is 32.2. The first-order chi connectivity index (χ1) is 9.53. The molecule has 0 radical (unpaired) electrons. The summed E-state index contributed by atoms with van der Waals surface area (Å²) in [6, 6.07) is 10.4. The largest absolute Gasteiger partial charge is 0.494 e. The third-order valence-electron chi connectivity index (χ3n) is 2.78. The molecule has 6 heteroatoms. The summed E-state index contributed by atoms with van der Waals surface area (Å²) < 4.78 is 32.6. The topological polar surface area (TPSA) is 55.4 Å². The predicted octanol–water partition coefficient (Wildman–Crippen LogP) is 3.19. The van der Waals surface area contributed by atoms with E-state index in [4.69, 9.17) is 4.74 Å². The Morgan fingerprint density at radius 2 is 1.95 bits per heavy atom. The number of hydrogen-bond acceptors (Lipinski definition) is 4. The van der Waals surface area contributed by atoms with E-state index in [1.165, 1.54) is 11.3 Å². The van der Waals surface area contributed by atoms with Crippen molar-refractivity contribution in [3.63, 3.8) is 0 Å². The monoisotopic (exact) mass is 311 g/mol. The molecule has 0 unspecified atom stereocenters. The lowest BCUT2D eigenvalue weighted by Gasteiger charge is -2.14. The van der Waals surface area contributed by atoms with Crippen LogP contribution >= 0.6 is 11.3 Å². The molecule has 2 rings (SSSR count). The van der Waals surface area contributed by atoms with E-state index in [0.717, 1.165) is 11.3 Å². The van der Waals surface area contributed by atoms with Gasteiger partial charge >= 0.3 is 0 Å². The van der Waals surface area contributed by atoms with Gasteiger partial charge in [-0.3, -0.25) is 0 Å².